The Bertz CT molecular complexity index is 778. The number of likely N-dealkylation sites (tertiary alicyclic amines) is 1. The lowest BCUT2D eigenvalue weighted by molar-refractivity contribution is 0.00149. The van der Waals surface area contributed by atoms with Gasteiger partial charge in [-0.15, -0.1) is 0 Å². The van der Waals surface area contributed by atoms with Crippen LogP contribution >= 0.6 is 0 Å². The Hall–Kier alpha value is -2.45. The van der Waals surface area contributed by atoms with Gasteiger partial charge < -0.3 is 18.9 Å². The van der Waals surface area contributed by atoms with Crippen LogP contribution in [0, 0.1) is 6.92 Å². The molecule has 2 saturated heterocycles. The molecule has 2 fully saturated rings. The maximum atomic E-state index is 12.7. The molecule has 0 aromatic carbocycles. The summed E-state index contributed by atoms with van der Waals surface area (Å²) in [5, 5.41) is 3.94. The van der Waals surface area contributed by atoms with Gasteiger partial charge in [0.15, 0.2) is 11.5 Å². The molecule has 2 aromatic rings. The van der Waals surface area contributed by atoms with E-state index in [9.17, 15) is 4.79 Å². The predicted octanol–water partition coefficient (Wildman–Crippen LogP) is 1.89. The van der Waals surface area contributed by atoms with E-state index >= 15 is 0 Å². The fraction of sp³-hybridized carbons (Fsp3) is 0.550. The molecule has 1 amide bonds. The predicted molar refractivity (Wildman–Crippen MR) is 101 cm³/mol. The molecule has 0 saturated carbocycles. The minimum absolute atomic E-state index is 0.0765. The number of aromatic nitrogens is 2. The largest absolute Gasteiger partial charge is 0.484 e. The fourth-order valence-electron chi connectivity index (χ4n) is 3.71. The number of piperidine rings is 1. The molecule has 0 N–H and O–H groups in total. The Balaban J connectivity index is 1.27. The Kier molecular flexibility index (Phi) is 5.87. The Morgan fingerprint density at radius 2 is 2.00 bits per heavy atom. The Morgan fingerprint density at radius 1 is 1.21 bits per heavy atom. The highest BCUT2D eigenvalue weighted by molar-refractivity contribution is 5.92. The van der Waals surface area contributed by atoms with E-state index in [2.05, 4.69) is 15.0 Å². The van der Waals surface area contributed by atoms with Crippen molar-refractivity contribution in [2.75, 3.05) is 39.4 Å². The van der Waals surface area contributed by atoms with Crippen LogP contribution in [0.3, 0.4) is 0 Å². The van der Waals surface area contributed by atoms with Crippen LogP contribution in [-0.2, 0) is 11.3 Å². The molecule has 150 valence electrons. The van der Waals surface area contributed by atoms with E-state index in [1.807, 2.05) is 24.0 Å². The summed E-state index contributed by atoms with van der Waals surface area (Å²) in [5.74, 6) is 1.10. The standard InChI is InChI=1S/C20H26N4O4/c1-15-2-3-17(13-21-15)27-14-18-12-19(22-28-18)20(25)24-6-4-16(5-7-24)23-8-10-26-11-9-23/h2-3,12-13,16H,4-11,14H2,1H3. The average molecular weight is 386 g/mol. The molecule has 2 aliphatic rings. The Labute approximate surface area is 164 Å². The molecule has 0 radical (unpaired) electrons. The smallest absolute Gasteiger partial charge is 0.276 e. The normalized spacial score (nSPS) is 19.0. The SMILES string of the molecule is Cc1ccc(OCc2cc(C(=O)N3CCC(N4CCOCC4)CC3)no2)cn1. The number of ether oxygens (including phenoxy) is 2. The summed E-state index contributed by atoms with van der Waals surface area (Å²) in [7, 11) is 0. The van der Waals surface area contributed by atoms with Crippen molar-refractivity contribution in [3.8, 4) is 5.75 Å². The topological polar surface area (TPSA) is 80.9 Å². The minimum atomic E-state index is -0.0765. The second kappa shape index (κ2) is 8.70. The highest BCUT2D eigenvalue weighted by atomic mass is 16.5. The van der Waals surface area contributed by atoms with Crippen molar-refractivity contribution >= 4 is 5.91 Å². The van der Waals surface area contributed by atoms with E-state index in [0.717, 1.165) is 57.9 Å². The third-order valence-corrected chi connectivity index (χ3v) is 5.36. The van der Waals surface area contributed by atoms with Crippen molar-refractivity contribution in [3.05, 3.63) is 41.5 Å². The van der Waals surface area contributed by atoms with Crippen molar-refractivity contribution in [3.63, 3.8) is 0 Å². The number of carbonyl (C=O) groups is 1. The molecular weight excluding hydrogens is 360 g/mol. The number of aryl methyl sites for hydroxylation is 1. The van der Waals surface area contributed by atoms with E-state index in [0.29, 0.717) is 23.2 Å². The molecule has 2 aromatic heterocycles. The highest BCUT2D eigenvalue weighted by Crippen LogP contribution is 2.20. The van der Waals surface area contributed by atoms with Crippen molar-refractivity contribution in [1.29, 1.82) is 0 Å². The van der Waals surface area contributed by atoms with E-state index in [1.54, 1.807) is 12.3 Å². The molecule has 0 spiro atoms. The van der Waals surface area contributed by atoms with E-state index in [4.69, 9.17) is 14.0 Å². The van der Waals surface area contributed by atoms with Gasteiger partial charge in [0.05, 0.1) is 19.4 Å². The minimum Gasteiger partial charge on any atom is -0.484 e. The number of amides is 1. The summed E-state index contributed by atoms with van der Waals surface area (Å²) in [6.07, 6.45) is 3.64. The van der Waals surface area contributed by atoms with Gasteiger partial charge in [0, 0.05) is 44.0 Å². The number of nitrogens with zero attached hydrogens (tertiary/aromatic N) is 4. The molecule has 0 aliphatic carbocycles. The van der Waals surface area contributed by atoms with Crippen LogP contribution in [0.1, 0.15) is 34.8 Å². The monoisotopic (exact) mass is 386 g/mol. The first-order valence-electron chi connectivity index (χ1n) is 9.81. The quantitative estimate of drug-likeness (QED) is 0.776. The van der Waals surface area contributed by atoms with Crippen molar-refractivity contribution < 1.29 is 18.8 Å². The van der Waals surface area contributed by atoms with Crippen LogP contribution < -0.4 is 4.74 Å². The summed E-state index contributed by atoms with van der Waals surface area (Å²) < 4.78 is 16.3. The van der Waals surface area contributed by atoms with Gasteiger partial charge in [-0.25, -0.2) is 0 Å². The summed E-state index contributed by atoms with van der Waals surface area (Å²) in [6, 6.07) is 5.93. The molecule has 4 rings (SSSR count). The molecule has 0 atom stereocenters. The lowest BCUT2D eigenvalue weighted by Gasteiger charge is -2.39. The van der Waals surface area contributed by atoms with E-state index in [1.165, 1.54) is 0 Å². The van der Waals surface area contributed by atoms with Crippen molar-refractivity contribution in [2.45, 2.75) is 32.4 Å². The zero-order valence-electron chi connectivity index (χ0n) is 16.2. The van der Waals surface area contributed by atoms with Gasteiger partial charge in [-0.05, 0) is 31.9 Å². The van der Waals surface area contributed by atoms with E-state index in [-0.39, 0.29) is 12.5 Å². The van der Waals surface area contributed by atoms with Crippen molar-refractivity contribution in [1.82, 2.24) is 19.9 Å². The molecule has 4 heterocycles. The van der Waals surface area contributed by atoms with Gasteiger partial charge in [0.1, 0.15) is 12.4 Å². The average Bonchev–Trinajstić information content (AvgIpc) is 3.23. The third kappa shape index (κ3) is 4.51. The number of carbonyl (C=O) groups excluding carboxylic acids is 1. The summed E-state index contributed by atoms with van der Waals surface area (Å²) in [5.41, 5.74) is 1.27. The lowest BCUT2D eigenvalue weighted by Crippen LogP contribution is -2.50. The van der Waals surface area contributed by atoms with Crippen LogP contribution in [-0.4, -0.2) is 71.3 Å². The Morgan fingerprint density at radius 3 is 2.71 bits per heavy atom. The first-order valence-corrected chi connectivity index (χ1v) is 9.81. The maximum Gasteiger partial charge on any atom is 0.276 e. The summed E-state index contributed by atoms with van der Waals surface area (Å²) in [6.45, 7) is 7.21. The maximum absolute atomic E-state index is 12.7. The van der Waals surface area contributed by atoms with Gasteiger partial charge in [0.2, 0.25) is 0 Å². The summed E-state index contributed by atoms with van der Waals surface area (Å²) >= 11 is 0. The first-order chi connectivity index (χ1) is 13.7. The van der Waals surface area contributed by atoms with Gasteiger partial charge in [-0.2, -0.15) is 0 Å². The molecule has 8 nitrogen and oxygen atoms in total. The van der Waals surface area contributed by atoms with Gasteiger partial charge in [-0.1, -0.05) is 5.16 Å². The zero-order chi connectivity index (χ0) is 19.3. The highest BCUT2D eigenvalue weighted by Gasteiger charge is 2.29. The zero-order valence-corrected chi connectivity index (χ0v) is 16.2. The van der Waals surface area contributed by atoms with E-state index < -0.39 is 0 Å². The molecule has 0 unspecified atom stereocenters. The summed E-state index contributed by atoms with van der Waals surface area (Å²) in [4.78, 5) is 21.3. The second-order valence-electron chi connectivity index (χ2n) is 7.27. The number of hydrogen-bond acceptors (Lipinski definition) is 7. The van der Waals surface area contributed by atoms with Gasteiger partial charge in [-0.3, -0.25) is 14.7 Å². The molecule has 28 heavy (non-hydrogen) atoms. The number of hydrogen-bond donors (Lipinski definition) is 0. The fourth-order valence-corrected chi connectivity index (χ4v) is 3.71. The number of rotatable bonds is 5. The molecule has 8 heteroatoms. The van der Waals surface area contributed by atoms with Crippen LogP contribution in [0.25, 0.3) is 0 Å². The van der Waals surface area contributed by atoms with Crippen molar-refractivity contribution in [2.24, 2.45) is 0 Å². The number of pyridine rings is 1. The lowest BCUT2D eigenvalue weighted by atomic mass is 10.0. The molecular formula is C20H26N4O4. The second-order valence-corrected chi connectivity index (χ2v) is 7.27. The first kappa shape index (κ1) is 18.9. The van der Waals surface area contributed by atoms with Crippen LogP contribution in [0.15, 0.2) is 28.9 Å². The molecule has 2 aliphatic heterocycles. The van der Waals surface area contributed by atoms with Gasteiger partial charge >= 0.3 is 0 Å². The van der Waals surface area contributed by atoms with Crippen LogP contribution in [0.4, 0.5) is 0 Å². The number of morpholine rings is 1. The van der Waals surface area contributed by atoms with Gasteiger partial charge in [0.25, 0.3) is 5.91 Å². The van der Waals surface area contributed by atoms with Crippen LogP contribution in [0.2, 0.25) is 0 Å². The molecule has 0 bridgehead atoms. The third-order valence-electron chi connectivity index (χ3n) is 5.36. The van der Waals surface area contributed by atoms with Crippen LogP contribution in [0.5, 0.6) is 5.75 Å².